The van der Waals surface area contributed by atoms with Gasteiger partial charge in [-0.3, -0.25) is 10.2 Å². The molecular weight excluding hydrogens is 342 g/mol. The van der Waals surface area contributed by atoms with Gasteiger partial charge < -0.3 is 20.7 Å². The van der Waals surface area contributed by atoms with Crippen LogP contribution >= 0.6 is 0 Å². The van der Waals surface area contributed by atoms with Crippen LogP contribution in [0.2, 0.25) is 0 Å². The summed E-state index contributed by atoms with van der Waals surface area (Å²) in [6.45, 7) is 2.70. The number of hydrogen-bond acceptors (Lipinski definition) is 4. The Bertz CT molecular complexity index is 980. The highest BCUT2D eigenvalue weighted by Crippen LogP contribution is 2.21. The number of rotatable bonds is 6. The van der Waals surface area contributed by atoms with E-state index in [0.29, 0.717) is 23.4 Å². The number of aromatic hydroxyl groups is 1. The van der Waals surface area contributed by atoms with Crippen molar-refractivity contribution >= 4 is 17.4 Å². The predicted molar refractivity (Wildman–Crippen MR) is 104 cm³/mol. The summed E-state index contributed by atoms with van der Waals surface area (Å²) >= 11 is 0. The van der Waals surface area contributed by atoms with Crippen LogP contribution in [0.5, 0.6) is 5.75 Å². The highest BCUT2D eigenvalue weighted by Gasteiger charge is 2.11. The lowest BCUT2D eigenvalue weighted by Crippen LogP contribution is -2.16. The Morgan fingerprint density at radius 1 is 1.26 bits per heavy atom. The summed E-state index contributed by atoms with van der Waals surface area (Å²) in [6, 6.07) is 10.3. The van der Waals surface area contributed by atoms with Crippen LogP contribution in [-0.2, 0) is 17.8 Å². The van der Waals surface area contributed by atoms with Crippen molar-refractivity contribution in [3.8, 4) is 5.75 Å². The first kappa shape index (κ1) is 18.2. The number of amidine groups is 1. The van der Waals surface area contributed by atoms with Gasteiger partial charge in [0.1, 0.15) is 11.6 Å². The summed E-state index contributed by atoms with van der Waals surface area (Å²) in [6.07, 6.45) is 5.39. The fraction of sp³-hybridized carbons (Fsp3) is 0.150. The number of nitrogen functional groups attached to an aromatic ring is 1. The minimum Gasteiger partial charge on any atom is -0.508 e. The number of carbonyl (C=O) groups is 1. The molecule has 5 N–H and O–H groups in total. The van der Waals surface area contributed by atoms with Crippen molar-refractivity contribution < 1.29 is 9.90 Å². The van der Waals surface area contributed by atoms with Crippen LogP contribution in [0.4, 0.5) is 5.69 Å². The normalized spacial score (nSPS) is 10.6. The average molecular weight is 363 g/mol. The molecule has 1 heterocycles. The third kappa shape index (κ3) is 4.52. The summed E-state index contributed by atoms with van der Waals surface area (Å²) in [5.41, 5.74) is 9.24. The predicted octanol–water partition coefficient (Wildman–Crippen LogP) is 2.41. The number of phenols is 1. The summed E-state index contributed by atoms with van der Waals surface area (Å²) in [5, 5.41) is 20.2. The molecule has 0 saturated carbocycles. The van der Waals surface area contributed by atoms with E-state index in [9.17, 15) is 9.90 Å². The molecule has 0 spiro atoms. The highest BCUT2D eigenvalue weighted by atomic mass is 16.3. The van der Waals surface area contributed by atoms with E-state index in [1.165, 1.54) is 6.07 Å². The Labute approximate surface area is 157 Å². The number of phenolic OH excluding ortho intramolecular Hbond substituents is 1. The molecule has 7 nitrogen and oxygen atoms in total. The van der Waals surface area contributed by atoms with Crippen LogP contribution in [0.25, 0.3) is 0 Å². The SMILES string of the molecule is Cc1cc(NC(=O)Cc2cc(C(=N)N)ccc2O)ccc1Cn1ccnc1. The fourth-order valence-corrected chi connectivity index (χ4v) is 2.80. The van der Waals surface area contributed by atoms with Crippen LogP contribution in [0.3, 0.4) is 0 Å². The third-order valence-electron chi connectivity index (χ3n) is 4.28. The smallest absolute Gasteiger partial charge is 0.228 e. The van der Waals surface area contributed by atoms with Crippen molar-refractivity contribution in [1.29, 1.82) is 5.41 Å². The fourth-order valence-electron chi connectivity index (χ4n) is 2.80. The van der Waals surface area contributed by atoms with Crippen molar-refractivity contribution in [2.24, 2.45) is 5.73 Å². The maximum atomic E-state index is 12.3. The zero-order chi connectivity index (χ0) is 19.4. The molecule has 27 heavy (non-hydrogen) atoms. The highest BCUT2D eigenvalue weighted by molar-refractivity contribution is 5.96. The van der Waals surface area contributed by atoms with E-state index < -0.39 is 0 Å². The molecule has 7 heteroatoms. The first-order valence-corrected chi connectivity index (χ1v) is 8.44. The lowest BCUT2D eigenvalue weighted by atomic mass is 10.1. The molecule has 1 aromatic heterocycles. The van der Waals surface area contributed by atoms with Gasteiger partial charge in [-0.2, -0.15) is 0 Å². The first-order chi connectivity index (χ1) is 12.9. The number of anilines is 1. The summed E-state index contributed by atoms with van der Waals surface area (Å²) in [5.74, 6) is -0.365. The van der Waals surface area contributed by atoms with Gasteiger partial charge in [-0.05, 0) is 48.4 Å². The summed E-state index contributed by atoms with van der Waals surface area (Å²) < 4.78 is 1.98. The number of hydrogen-bond donors (Lipinski definition) is 4. The zero-order valence-corrected chi connectivity index (χ0v) is 14.9. The van der Waals surface area contributed by atoms with Crippen molar-refractivity contribution in [2.45, 2.75) is 19.9 Å². The van der Waals surface area contributed by atoms with E-state index in [1.54, 1.807) is 24.7 Å². The Balaban J connectivity index is 1.68. The first-order valence-electron chi connectivity index (χ1n) is 8.44. The second-order valence-electron chi connectivity index (χ2n) is 6.36. The van der Waals surface area contributed by atoms with Gasteiger partial charge in [0, 0.05) is 35.8 Å². The monoisotopic (exact) mass is 363 g/mol. The molecule has 0 radical (unpaired) electrons. The van der Waals surface area contributed by atoms with Crippen LogP contribution in [0.15, 0.2) is 55.1 Å². The van der Waals surface area contributed by atoms with E-state index in [0.717, 1.165) is 11.1 Å². The number of nitrogens with two attached hydrogens (primary N) is 1. The molecule has 0 bridgehead atoms. The summed E-state index contributed by atoms with van der Waals surface area (Å²) in [7, 11) is 0. The van der Waals surface area contributed by atoms with Crippen LogP contribution in [0, 0.1) is 12.3 Å². The molecule has 1 amide bonds. The van der Waals surface area contributed by atoms with E-state index in [4.69, 9.17) is 11.1 Å². The van der Waals surface area contributed by atoms with Crippen molar-refractivity contribution in [3.05, 3.63) is 77.4 Å². The molecule has 3 aromatic rings. The molecule has 0 aliphatic heterocycles. The maximum Gasteiger partial charge on any atom is 0.228 e. The molecule has 0 aliphatic carbocycles. The molecule has 0 saturated heterocycles. The molecule has 138 valence electrons. The molecule has 0 atom stereocenters. The van der Waals surface area contributed by atoms with Gasteiger partial charge in [0.2, 0.25) is 5.91 Å². The standard InChI is InChI=1S/C20H21N5O2/c1-13-8-17(4-2-15(13)11-25-7-6-23-12-25)24-19(27)10-16-9-14(20(21)22)3-5-18(16)26/h2-9,12,26H,10-11H2,1H3,(H3,21,22)(H,24,27). The number of nitrogens with zero attached hydrogens (tertiary/aromatic N) is 2. The van der Waals surface area contributed by atoms with E-state index in [-0.39, 0.29) is 23.9 Å². The van der Waals surface area contributed by atoms with Crippen molar-refractivity contribution in [2.75, 3.05) is 5.32 Å². The van der Waals surface area contributed by atoms with E-state index in [1.807, 2.05) is 35.9 Å². The van der Waals surface area contributed by atoms with Gasteiger partial charge in [0.15, 0.2) is 0 Å². The minimum absolute atomic E-state index is 0.00186. The van der Waals surface area contributed by atoms with E-state index in [2.05, 4.69) is 10.3 Å². The molecule has 0 unspecified atom stereocenters. The third-order valence-corrected chi connectivity index (χ3v) is 4.28. The van der Waals surface area contributed by atoms with Crippen LogP contribution in [0.1, 0.15) is 22.3 Å². The molecule has 0 aliphatic rings. The van der Waals surface area contributed by atoms with Gasteiger partial charge in [-0.25, -0.2) is 4.98 Å². The Morgan fingerprint density at radius 2 is 2.07 bits per heavy atom. The Morgan fingerprint density at radius 3 is 2.74 bits per heavy atom. The number of benzene rings is 2. The van der Waals surface area contributed by atoms with Crippen molar-refractivity contribution in [3.63, 3.8) is 0 Å². The van der Waals surface area contributed by atoms with Gasteiger partial charge >= 0.3 is 0 Å². The number of imidazole rings is 1. The largest absolute Gasteiger partial charge is 0.508 e. The molecule has 0 fully saturated rings. The van der Waals surface area contributed by atoms with Gasteiger partial charge in [-0.1, -0.05) is 6.07 Å². The average Bonchev–Trinajstić information content (AvgIpc) is 3.12. The molecular formula is C20H21N5O2. The van der Waals surface area contributed by atoms with Crippen LogP contribution < -0.4 is 11.1 Å². The number of nitrogens with one attached hydrogen (secondary N) is 2. The number of aryl methyl sites for hydroxylation is 1. The van der Waals surface area contributed by atoms with Crippen molar-refractivity contribution in [1.82, 2.24) is 9.55 Å². The van der Waals surface area contributed by atoms with Gasteiger partial charge in [-0.15, -0.1) is 0 Å². The number of aromatic nitrogens is 2. The second-order valence-corrected chi connectivity index (χ2v) is 6.36. The van der Waals surface area contributed by atoms with E-state index >= 15 is 0 Å². The minimum atomic E-state index is -0.257. The number of carbonyl (C=O) groups excluding carboxylic acids is 1. The number of amides is 1. The summed E-state index contributed by atoms with van der Waals surface area (Å²) in [4.78, 5) is 16.4. The lowest BCUT2D eigenvalue weighted by Gasteiger charge is -2.11. The van der Waals surface area contributed by atoms with Gasteiger partial charge in [0.05, 0.1) is 12.7 Å². The molecule has 3 rings (SSSR count). The second kappa shape index (κ2) is 7.74. The maximum absolute atomic E-state index is 12.3. The Hall–Kier alpha value is -3.61. The quantitative estimate of drug-likeness (QED) is 0.397. The lowest BCUT2D eigenvalue weighted by molar-refractivity contribution is -0.115. The van der Waals surface area contributed by atoms with Gasteiger partial charge in [0.25, 0.3) is 0 Å². The molecule has 2 aromatic carbocycles. The Kier molecular flexibility index (Phi) is 5.21. The van der Waals surface area contributed by atoms with Crippen LogP contribution in [-0.4, -0.2) is 26.4 Å². The topological polar surface area (TPSA) is 117 Å². The zero-order valence-electron chi connectivity index (χ0n) is 14.9.